The van der Waals surface area contributed by atoms with Gasteiger partial charge in [-0.1, -0.05) is 30.3 Å². The van der Waals surface area contributed by atoms with Gasteiger partial charge in [0.15, 0.2) is 5.78 Å². The number of anilines is 1. The molecule has 0 radical (unpaired) electrons. The molecule has 9 nitrogen and oxygen atoms in total. The molecule has 34 heavy (non-hydrogen) atoms. The minimum atomic E-state index is -0.660. The minimum Gasteiger partial charge on any atom is -0.384 e. The first-order chi connectivity index (χ1) is 16.3. The molecule has 9 heteroatoms. The molecule has 0 spiro atoms. The van der Waals surface area contributed by atoms with Crippen molar-refractivity contribution in [1.29, 1.82) is 0 Å². The van der Waals surface area contributed by atoms with Crippen LogP contribution >= 0.6 is 0 Å². The molecule has 184 valence electrons. The van der Waals surface area contributed by atoms with Gasteiger partial charge in [0, 0.05) is 26.2 Å². The van der Waals surface area contributed by atoms with Crippen molar-refractivity contribution in [2.75, 3.05) is 38.5 Å². The van der Waals surface area contributed by atoms with E-state index in [9.17, 15) is 19.2 Å². The van der Waals surface area contributed by atoms with E-state index >= 15 is 0 Å². The molecule has 0 bridgehead atoms. The van der Waals surface area contributed by atoms with Gasteiger partial charge in [-0.15, -0.1) is 0 Å². The van der Waals surface area contributed by atoms with Crippen LogP contribution in [0.3, 0.4) is 0 Å². The molecule has 1 aliphatic heterocycles. The maximum Gasteiger partial charge on any atom is 0.332 e. The van der Waals surface area contributed by atoms with E-state index in [-0.39, 0.29) is 42.8 Å². The summed E-state index contributed by atoms with van der Waals surface area (Å²) in [6.07, 6.45) is 1.58. The summed E-state index contributed by atoms with van der Waals surface area (Å²) in [6.45, 7) is 8.32. The number of nitrogens with two attached hydrogens (primary N) is 1. The lowest BCUT2D eigenvalue weighted by atomic mass is 9.96. The van der Waals surface area contributed by atoms with Gasteiger partial charge in [-0.25, -0.2) is 4.79 Å². The molecule has 1 aromatic heterocycles. The third-order valence-corrected chi connectivity index (χ3v) is 6.54. The van der Waals surface area contributed by atoms with Gasteiger partial charge in [0.2, 0.25) is 5.91 Å². The van der Waals surface area contributed by atoms with Crippen LogP contribution in [0.5, 0.6) is 0 Å². The number of carbonyl (C=O) groups is 2. The molecule has 1 amide bonds. The molecule has 1 saturated heterocycles. The third kappa shape index (κ3) is 5.30. The Bertz CT molecular complexity index is 1130. The highest BCUT2D eigenvalue weighted by Gasteiger charge is 2.31. The first kappa shape index (κ1) is 25.4. The largest absolute Gasteiger partial charge is 0.384 e. The summed E-state index contributed by atoms with van der Waals surface area (Å²) in [5.41, 5.74) is 5.75. The maximum atomic E-state index is 13.3. The number of carbonyl (C=O) groups excluding carboxylic acids is 2. The normalized spacial score (nSPS) is 16.4. The number of nitrogens with zero attached hydrogens (tertiary/aromatic N) is 4. The molecule has 2 N–H and O–H groups in total. The van der Waals surface area contributed by atoms with E-state index < -0.39 is 17.0 Å². The second-order valence-corrected chi connectivity index (χ2v) is 8.67. The van der Waals surface area contributed by atoms with Gasteiger partial charge in [-0.3, -0.25) is 28.4 Å². The summed E-state index contributed by atoms with van der Waals surface area (Å²) >= 11 is 0. The lowest BCUT2D eigenvalue weighted by Gasteiger charge is -2.34. The maximum absolute atomic E-state index is 13.3. The number of benzene rings is 1. The van der Waals surface area contributed by atoms with Gasteiger partial charge >= 0.3 is 5.69 Å². The molecule has 2 heterocycles. The highest BCUT2D eigenvalue weighted by molar-refractivity contribution is 6.01. The smallest absolute Gasteiger partial charge is 0.332 e. The predicted molar refractivity (Wildman–Crippen MR) is 132 cm³/mol. The fourth-order valence-electron chi connectivity index (χ4n) is 4.65. The van der Waals surface area contributed by atoms with Crippen molar-refractivity contribution in [3.8, 4) is 0 Å². The number of rotatable bonds is 9. The van der Waals surface area contributed by atoms with E-state index in [0.29, 0.717) is 26.2 Å². The molecule has 1 aliphatic rings. The van der Waals surface area contributed by atoms with Crippen LogP contribution in [0.2, 0.25) is 0 Å². The number of nitrogen functional groups attached to an aromatic ring is 1. The predicted octanol–water partition coefficient (Wildman–Crippen LogP) is 1.42. The highest BCUT2D eigenvalue weighted by Crippen LogP contribution is 2.20. The van der Waals surface area contributed by atoms with Gasteiger partial charge < -0.3 is 10.6 Å². The lowest BCUT2D eigenvalue weighted by Crippen LogP contribution is -2.48. The highest BCUT2D eigenvalue weighted by atomic mass is 16.2. The fourth-order valence-corrected chi connectivity index (χ4v) is 4.65. The average Bonchev–Trinajstić information content (AvgIpc) is 2.83. The van der Waals surface area contributed by atoms with Gasteiger partial charge in [0.25, 0.3) is 5.56 Å². The molecule has 1 atom stereocenters. The summed E-state index contributed by atoms with van der Waals surface area (Å²) in [5, 5.41) is 0. The van der Waals surface area contributed by atoms with Crippen molar-refractivity contribution in [1.82, 2.24) is 18.9 Å². The lowest BCUT2D eigenvalue weighted by molar-refractivity contribution is -0.136. The SMILES string of the molecule is CCN(CC)C(=O)C1CCCN(CC(=O)c2c(N)n(Cc3ccccc3)c(=O)n(CC)c2=O)C1. The molecule has 1 aromatic carbocycles. The van der Waals surface area contributed by atoms with Gasteiger partial charge in [-0.05, 0) is 45.7 Å². The third-order valence-electron chi connectivity index (χ3n) is 6.54. The molecule has 2 aromatic rings. The number of hydrogen-bond acceptors (Lipinski definition) is 6. The van der Waals surface area contributed by atoms with E-state index in [1.165, 1.54) is 4.57 Å². The van der Waals surface area contributed by atoms with Crippen molar-refractivity contribution < 1.29 is 9.59 Å². The van der Waals surface area contributed by atoms with Crippen molar-refractivity contribution in [3.05, 3.63) is 62.3 Å². The summed E-state index contributed by atoms with van der Waals surface area (Å²) in [6, 6.07) is 9.29. The molecular weight excluding hydrogens is 434 g/mol. The molecule has 1 unspecified atom stereocenters. The number of hydrogen-bond donors (Lipinski definition) is 1. The Morgan fingerprint density at radius 1 is 1.06 bits per heavy atom. The Morgan fingerprint density at radius 3 is 2.35 bits per heavy atom. The Balaban J connectivity index is 1.88. The van der Waals surface area contributed by atoms with Crippen molar-refractivity contribution in [2.45, 2.75) is 46.7 Å². The first-order valence-electron chi connectivity index (χ1n) is 12.0. The molecule has 0 saturated carbocycles. The molecular formula is C25H35N5O4. The van der Waals surface area contributed by atoms with E-state index in [2.05, 4.69) is 0 Å². The van der Waals surface area contributed by atoms with Gasteiger partial charge in [-0.2, -0.15) is 0 Å². The van der Waals surface area contributed by atoms with Crippen LogP contribution in [0.25, 0.3) is 0 Å². The zero-order chi connectivity index (χ0) is 24.8. The molecule has 3 rings (SSSR count). The van der Waals surface area contributed by atoms with Crippen LogP contribution in [0.15, 0.2) is 39.9 Å². The minimum absolute atomic E-state index is 0.0191. The van der Waals surface area contributed by atoms with Crippen LogP contribution < -0.4 is 17.0 Å². The Hall–Kier alpha value is -3.20. The van der Waals surface area contributed by atoms with Crippen molar-refractivity contribution >= 4 is 17.5 Å². The zero-order valence-electron chi connectivity index (χ0n) is 20.3. The van der Waals surface area contributed by atoms with Crippen LogP contribution in [0.4, 0.5) is 5.82 Å². The van der Waals surface area contributed by atoms with Gasteiger partial charge in [0.05, 0.1) is 19.0 Å². The second-order valence-electron chi connectivity index (χ2n) is 8.67. The number of likely N-dealkylation sites (tertiary alicyclic amines) is 1. The number of aromatic nitrogens is 2. The summed E-state index contributed by atoms with van der Waals surface area (Å²) in [5.74, 6) is -0.603. The summed E-state index contributed by atoms with van der Waals surface area (Å²) < 4.78 is 2.34. The van der Waals surface area contributed by atoms with Crippen LogP contribution in [0.1, 0.15) is 49.5 Å². The molecule has 1 fully saturated rings. The van der Waals surface area contributed by atoms with E-state index in [1.807, 2.05) is 54.0 Å². The van der Waals surface area contributed by atoms with Crippen LogP contribution in [-0.4, -0.2) is 63.3 Å². The quantitative estimate of drug-likeness (QED) is 0.556. The number of ketones is 1. The Kier molecular flexibility index (Phi) is 8.44. The van der Waals surface area contributed by atoms with Crippen LogP contribution in [0, 0.1) is 5.92 Å². The van der Waals surface area contributed by atoms with Crippen molar-refractivity contribution in [3.63, 3.8) is 0 Å². The standard InChI is InChI=1S/C25H35N5O4/c1-4-28(5-2)23(32)19-13-10-14-27(16-19)17-20(31)21-22(26)30(15-18-11-8-7-9-12-18)25(34)29(6-3)24(21)33/h7-9,11-12,19H,4-6,10,13-17,26H2,1-3H3. The zero-order valence-corrected chi connectivity index (χ0v) is 20.3. The van der Waals surface area contributed by atoms with E-state index in [0.717, 1.165) is 23.0 Å². The number of Topliss-reactive ketones (excluding diaryl/α,β-unsaturated/α-hetero) is 1. The monoisotopic (exact) mass is 469 g/mol. The first-order valence-corrected chi connectivity index (χ1v) is 12.0. The van der Waals surface area contributed by atoms with E-state index in [4.69, 9.17) is 5.73 Å². The topological polar surface area (TPSA) is 111 Å². The summed E-state index contributed by atoms with van der Waals surface area (Å²) in [7, 11) is 0. The number of amides is 1. The Morgan fingerprint density at radius 2 is 1.74 bits per heavy atom. The molecule has 0 aliphatic carbocycles. The summed E-state index contributed by atoms with van der Waals surface area (Å²) in [4.78, 5) is 55.8. The van der Waals surface area contributed by atoms with E-state index in [1.54, 1.807) is 6.92 Å². The van der Waals surface area contributed by atoms with Crippen molar-refractivity contribution in [2.24, 2.45) is 5.92 Å². The average molecular weight is 470 g/mol. The second kappa shape index (κ2) is 11.3. The number of piperidine rings is 1. The Labute approximate surface area is 199 Å². The van der Waals surface area contributed by atoms with Crippen LogP contribution in [-0.2, 0) is 17.9 Å². The fraction of sp³-hybridized carbons (Fsp3) is 0.520. The van der Waals surface area contributed by atoms with Gasteiger partial charge in [0.1, 0.15) is 11.4 Å².